The van der Waals surface area contributed by atoms with Crippen LogP contribution in [-0.4, -0.2) is 20.6 Å². The Morgan fingerprint density at radius 1 is 1.44 bits per heavy atom. The van der Waals surface area contributed by atoms with E-state index >= 15 is 0 Å². The number of nitrogens with two attached hydrogens (primary N) is 1. The monoisotopic (exact) mass is 215 g/mol. The average Bonchev–Trinajstić information content (AvgIpc) is 2.67. The molecule has 16 heavy (non-hydrogen) atoms. The minimum absolute atomic E-state index is 0.00972. The molecule has 0 bridgehead atoms. The highest BCUT2D eigenvalue weighted by Gasteiger charge is 2.12. The first-order chi connectivity index (χ1) is 7.59. The zero-order valence-corrected chi connectivity index (χ0v) is 9.23. The van der Waals surface area contributed by atoms with Crippen molar-refractivity contribution in [3.8, 4) is 5.69 Å². The predicted molar refractivity (Wildman–Crippen MR) is 61.8 cm³/mol. The molecule has 0 unspecified atom stereocenters. The van der Waals surface area contributed by atoms with Gasteiger partial charge in [-0.3, -0.25) is 10.4 Å². The van der Waals surface area contributed by atoms with Crippen LogP contribution in [0.25, 0.3) is 5.69 Å². The lowest BCUT2D eigenvalue weighted by Crippen LogP contribution is -2.18. The molecule has 0 aliphatic carbocycles. The molecule has 2 aromatic rings. The summed E-state index contributed by atoms with van der Waals surface area (Å²) in [5.41, 5.74) is 8.63. The summed E-state index contributed by atoms with van der Waals surface area (Å²) in [5, 5.41) is 11.7. The molecule has 5 heteroatoms. The van der Waals surface area contributed by atoms with Gasteiger partial charge in [0.2, 0.25) is 0 Å². The third kappa shape index (κ3) is 1.67. The van der Waals surface area contributed by atoms with Gasteiger partial charge >= 0.3 is 0 Å². The van der Waals surface area contributed by atoms with E-state index in [0.29, 0.717) is 5.56 Å². The zero-order valence-electron chi connectivity index (χ0n) is 9.23. The highest BCUT2D eigenvalue weighted by atomic mass is 15.3. The van der Waals surface area contributed by atoms with Gasteiger partial charge in [-0.1, -0.05) is 0 Å². The number of aryl methyl sites for hydroxylation is 2. The van der Waals surface area contributed by atoms with Gasteiger partial charge in [0, 0.05) is 18.1 Å². The number of hydrogen-bond acceptors (Lipinski definition) is 3. The van der Waals surface area contributed by atoms with Crippen LogP contribution < -0.4 is 5.73 Å². The Morgan fingerprint density at radius 3 is 2.75 bits per heavy atom. The molecule has 2 aromatic heterocycles. The Morgan fingerprint density at radius 2 is 2.19 bits per heavy atom. The lowest BCUT2D eigenvalue weighted by Gasteiger charge is -2.11. The summed E-state index contributed by atoms with van der Waals surface area (Å²) >= 11 is 0. The van der Waals surface area contributed by atoms with Crippen molar-refractivity contribution in [2.45, 2.75) is 13.8 Å². The number of amidine groups is 1. The van der Waals surface area contributed by atoms with Gasteiger partial charge in [0.15, 0.2) is 0 Å². The molecule has 0 fully saturated rings. The van der Waals surface area contributed by atoms with Crippen LogP contribution in [0.3, 0.4) is 0 Å². The molecule has 2 heterocycles. The Balaban J connectivity index is 2.72. The molecule has 0 atom stereocenters. The quantitative estimate of drug-likeness (QED) is 0.582. The van der Waals surface area contributed by atoms with Crippen LogP contribution in [0.5, 0.6) is 0 Å². The van der Waals surface area contributed by atoms with E-state index in [2.05, 4.69) is 10.1 Å². The highest BCUT2D eigenvalue weighted by Crippen LogP contribution is 2.17. The van der Waals surface area contributed by atoms with E-state index < -0.39 is 0 Å². The lowest BCUT2D eigenvalue weighted by molar-refractivity contribution is 0.867. The molecule has 0 aromatic carbocycles. The summed E-state index contributed by atoms with van der Waals surface area (Å²) in [6.07, 6.45) is 3.51. The Labute approximate surface area is 93.4 Å². The molecule has 0 aliphatic rings. The summed E-state index contributed by atoms with van der Waals surface area (Å²) in [6, 6.07) is 3.70. The summed E-state index contributed by atoms with van der Waals surface area (Å²) in [7, 11) is 0. The molecule has 0 radical (unpaired) electrons. The van der Waals surface area contributed by atoms with Crippen LogP contribution in [0.1, 0.15) is 17.0 Å². The van der Waals surface area contributed by atoms with Gasteiger partial charge in [-0.15, -0.1) is 0 Å². The molecular weight excluding hydrogens is 202 g/mol. The normalized spacial score (nSPS) is 10.4. The van der Waals surface area contributed by atoms with Crippen molar-refractivity contribution in [3.63, 3.8) is 0 Å². The molecule has 5 nitrogen and oxygen atoms in total. The maximum atomic E-state index is 7.59. The van der Waals surface area contributed by atoms with Crippen molar-refractivity contribution in [2.75, 3.05) is 0 Å². The van der Waals surface area contributed by atoms with Gasteiger partial charge in [-0.25, -0.2) is 4.68 Å². The second kappa shape index (κ2) is 3.77. The third-order valence-electron chi connectivity index (χ3n) is 2.33. The number of aromatic nitrogens is 3. The molecule has 0 saturated heterocycles. The summed E-state index contributed by atoms with van der Waals surface area (Å²) in [6.45, 7) is 3.75. The highest BCUT2D eigenvalue weighted by molar-refractivity contribution is 5.99. The van der Waals surface area contributed by atoms with Crippen LogP contribution in [0.15, 0.2) is 24.5 Å². The van der Waals surface area contributed by atoms with Gasteiger partial charge in [0.1, 0.15) is 5.84 Å². The van der Waals surface area contributed by atoms with E-state index in [1.807, 2.05) is 32.2 Å². The summed E-state index contributed by atoms with van der Waals surface area (Å²) < 4.78 is 1.69. The van der Waals surface area contributed by atoms with Gasteiger partial charge in [-0.2, -0.15) is 5.10 Å². The molecule has 2 rings (SSSR count). The van der Waals surface area contributed by atoms with Crippen molar-refractivity contribution in [1.29, 1.82) is 5.41 Å². The minimum Gasteiger partial charge on any atom is -0.384 e. The van der Waals surface area contributed by atoms with Gasteiger partial charge in [-0.05, 0) is 26.0 Å². The largest absolute Gasteiger partial charge is 0.384 e. The average molecular weight is 215 g/mol. The minimum atomic E-state index is 0.00972. The standard InChI is InChI=1S/C11H13N5/c1-7-6-9(16-5-3-4-14-16)10(11(12)13)8(2)15-7/h3-6H,1-2H3,(H3,12,13). The van der Waals surface area contributed by atoms with E-state index in [9.17, 15) is 0 Å². The van der Waals surface area contributed by atoms with Crippen LogP contribution in [0.2, 0.25) is 0 Å². The lowest BCUT2D eigenvalue weighted by atomic mass is 10.1. The van der Waals surface area contributed by atoms with Gasteiger partial charge in [0.05, 0.1) is 16.9 Å². The number of nitrogens with zero attached hydrogens (tertiary/aromatic N) is 3. The predicted octanol–water partition coefficient (Wildman–Crippen LogP) is 1.17. The summed E-state index contributed by atoms with van der Waals surface area (Å²) in [5.74, 6) is 0.00972. The van der Waals surface area contributed by atoms with Gasteiger partial charge < -0.3 is 5.73 Å². The molecule has 3 N–H and O–H groups in total. The molecule has 0 aliphatic heterocycles. The number of nitrogens with one attached hydrogen (secondary N) is 1. The van der Waals surface area contributed by atoms with E-state index in [-0.39, 0.29) is 5.84 Å². The van der Waals surface area contributed by atoms with Crippen molar-refractivity contribution in [3.05, 3.63) is 41.5 Å². The second-order valence-electron chi connectivity index (χ2n) is 3.61. The van der Waals surface area contributed by atoms with E-state index in [0.717, 1.165) is 17.1 Å². The van der Waals surface area contributed by atoms with Crippen LogP contribution in [0.4, 0.5) is 0 Å². The molecule has 0 spiro atoms. The van der Waals surface area contributed by atoms with Gasteiger partial charge in [0.25, 0.3) is 0 Å². The van der Waals surface area contributed by atoms with Crippen LogP contribution >= 0.6 is 0 Å². The molecule has 82 valence electrons. The third-order valence-corrected chi connectivity index (χ3v) is 2.33. The smallest absolute Gasteiger partial charge is 0.126 e. The first-order valence-corrected chi connectivity index (χ1v) is 4.92. The number of rotatable bonds is 2. The summed E-state index contributed by atoms with van der Waals surface area (Å²) in [4.78, 5) is 4.30. The van der Waals surface area contributed by atoms with Crippen molar-refractivity contribution in [2.24, 2.45) is 5.73 Å². The number of nitrogen functional groups attached to an aromatic ring is 1. The fourth-order valence-corrected chi connectivity index (χ4v) is 1.73. The van der Waals surface area contributed by atoms with Crippen LogP contribution in [0, 0.1) is 19.3 Å². The van der Waals surface area contributed by atoms with Crippen LogP contribution in [-0.2, 0) is 0 Å². The second-order valence-corrected chi connectivity index (χ2v) is 3.61. The molecule has 0 saturated carbocycles. The molecular formula is C11H13N5. The number of hydrogen-bond donors (Lipinski definition) is 2. The first kappa shape index (κ1) is 10.4. The van der Waals surface area contributed by atoms with E-state index in [1.54, 1.807) is 10.9 Å². The fraction of sp³-hybridized carbons (Fsp3) is 0.182. The maximum absolute atomic E-state index is 7.59. The Kier molecular flexibility index (Phi) is 2.44. The van der Waals surface area contributed by atoms with Crippen molar-refractivity contribution >= 4 is 5.84 Å². The zero-order chi connectivity index (χ0) is 11.7. The van der Waals surface area contributed by atoms with E-state index in [1.165, 1.54) is 0 Å². The number of pyridine rings is 1. The van der Waals surface area contributed by atoms with Crippen molar-refractivity contribution in [1.82, 2.24) is 14.8 Å². The van der Waals surface area contributed by atoms with E-state index in [4.69, 9.17) is 11.1 Å². The Bertz CT molecular complexity index is 528. The topological polar surface area (TPSA) is 80.6 Å². The maximum Gasteiger partial charge on any atom is 0.126 e. The SMILES string of the molecule is Cc1cc(-n2cccn2)c(C(=N)N)c(C)n1. The van der Waals surface area contributed by atoms with Crippen molar-refractivity contribution < 1.29 is 0 Å². The Hall–Kier alpha value is -2.17. The fourth-order valence-electron chi connectivity index (χ4n) is 1.73. The molecule has 0 amide bonds. The first-order valence-electron chi connectivity index (χ1n) is 4.92.